The third kappa shape index (κ3) is 3.22. The van der Waals surface area contributed by atoms with Crippen LogP contribution in [0.1, 0.15) is 16.8 Å². The summed E-state index contributed by atoms with van der Waals surface area (Å²) in [6.45, 7) is 2.39. The lowest BCUT2D eigenvalue weighted by Gasteiger charge is -2.12. The number of aromatic nitrogens is 2. The molecule has 5 heteroatoms. The molecule has 23 heavy (non-hydrogen) atoms. The number of nitrogens with zero attached hydrogens (tertiary/aromatic N) is 3. The SMILES string of the molecule is Cc1ccn(-c2ccccc2CNc2ccc(C#N)cc2F)n1. The Labute approximate surface area is 133 Å². The number of aryl methyl sites for hydroxylation is 1. The number of halogens is 1. The summed E-state index contributed by atoms with van der Waals surface area (Å²) in [4.78, 5) is 0. The summed E-state index contributed by atoms with van der Waals surface area (Å²) in [5.74, 6) is -0.434. The van der Waals surface area contributed by atoms with Gasteiger partial charge in [-0.25, -0.2) is 9.07 Å². The maximum Gasteiger partial charge on any atom is 0.147 e. The number of rotatable bonds is 4. The smallest absolute Gasteiger partial charge is 0.147 e. The van der Waals surface area contributed by atoms with Crippen molar-refractivity contribution in [3.63, 3.8) is 0 Å². The third-order valence-corrected chi connectivity index (χ3v) is 3.53. The molecule has 2 aromatic carbocycles. The van der Waals surface area contributed by atoms with E-state index < -0.39 is 5.82 Å². The van der Waals surface area contributed by atoms with E-state index in [1.165, 1.54) is 6.07 Å². The Morgan fingerprint density at radius 3 is 2.74 bits per heavy atom. The second-order valence-corrected chi connectivity index (χ2v) is 5.19. The zero-order valence-electron chi connectivity index (χ0n) is 12.6. The molecule has 114 valence electrons. The highest BCUT2D eigenvalue weighted by atomic mass is 19.1. The van der Waals surface area contributed by atoms with Gasteiger partial charge in [-0.3, -0.25) is 0 Å². The largest absolute Gasteiger partial charge is 0.379 e. The average Bonchev–Trinajstić information content (AvgIpc) is 3.00. The maximum atomic E-state index is 13.9. The summed E-state index contributed by atoms with van der Waals surface area (Å²) in [7, 11) is 0. The van der Waals surface area contributed by atoms with Gasteiger partial charge in [0.25, 0.3) is 0 Å². The number of nitriles is 1. The van der Waals surface area contributed by atoms with Gasteiger partial charge >= 0.3 is 0 Å². The van der Waals surface area contributed by atoms with Crippen molar-refractivity contribution in [2.75, 3.05) is 5.32 Å². The average molecular weight is 306 g/mol. The molecule has 3 rings (SSSR count). The predicted molar refractivity (Wildman–Crippen MR) is 86.7 cm³/mol. The van der Waals surface area contributed by atoms with E-state index in [0.717, 1.165) is 16.9 Å². The molecule has 4 nitrogen and oxygen atoms in total. The Kier molecular flexibility index (Phi) is 4.07. The van der Waals surface area contributed by atoms with E-state index in [4.69, 9.17) is 5.26 Å². The van der Waals surface area contributed by atoms with E-state index in [2.05, 4.69) is 10.4 Å². The van der Waals surface area contributed by atoms with E-state index in [1.54, 1.807) is 12.1 Å². The molecule has 3 aromatic rings. The summed E-state index contributed by atoms with van der Waals surface area (Å²) in [5, 5.41) is 16.3. The van der Waals surface area contributed by atoms with Crippen molar-refractivity contribution in [2.45, 2.75) is 13.5 Å². The zero-order valence-corrected chi connectivity index (χ0v) is 12.6. The monoisotopic (exact) mass is 306 g/mol. The minimum atomic E-state index is -0.434. The molecule has 1 aromatic heterocycles. The molecule has 0 radical (unpaired) electrons. The summed E-state index contributed by atoms with van der Waals surface area (Å²) in [5.41, 5.74) is 3.56. The fraction of sp³-hybridized carbons (Fsp3) is 0.111. The van der Waals surface area contributed by atoms with E-state index in [0.29, 0.717) is 17.8 Å². The molecule has 0 aliphatic rings. The van der Waals surface area contributed by atoms with Crippen LogP contribution in [0.2, 0.25) is 0 Å². The van der Waals surface area contributed by atoms with Crippen LogP contribution in [0.3, 0.4) is 0 Å². The number of anilines is 1. The molecule has 0 amide bonds. The second-order valence-electron chi connectivity index (χ2n) is 5.19. The highest BCUT2D eigenvalue weighted by Crippen LogP contribution is 2.19. The second kappa shape index (κ2) is 6.32. The van der Waals surface area contributed by atoms with Gasteiger partial charge in [0.2, 0.25) is 0 Å². The van der Waals surface area contributed by atoms with Crippen LogP contribution in [0.5, 0.6) is 0 Å². The fourth-order valence-corrected chi connectivity index (χ4v) is 2.35. The third-order valence-electron chi connectivity index (χ3n) is 3.53. The lowest BCUT2D eigenvalue weighted by molar-refractivity contribution is 0.629. The van der Waals surface area contributed by atoms with Gasteiger partial charge in [0.05, 0.1) is 28.7 Å². The zero-order chi connectivity index (χ0) is 16.2. The molecule has 0 bridgehead atoms. The quantitative estimate of drug-likeness (QED) is 0.797. The first-order chi connectivity index (χ1) is 11.2. The molecule has 0 unspecified atom stereocenters. The first kappa shape index (κ1) is 14.8. The van der Waals surface area contributed by atoms with Crippen molar-refractivity contribution in [1.82, 2.24) is 9.78 Å². The molecule has 0 aliphatic heterocycles. The van der Waals surface area contributed by atoms with Crippen molar-refractivity contribution >= 4 is 5.69 Å². The van der Waals surface area contributed by atoms with Gasteiger partial charge < -0.3 is 5.32 Å². The van der Waals surface area contributed by atoms with Gasteiger partial charge in [0, 0.05) is 12.7 Å². The highest BCUT2D eigenvalue weighted by molar-refractivity contribution is 5.50. The number of hydrogen-bond acceptors (Lipinski definition) is 3. The number of hydrogen-bond donors (Lipinski definition) is 1. The van der Waals surface area contributed by atoms with E-state index in [-0.39, 0.29) is 0 Å². The molecule has 1 heterocycles. The van der Waals surface area contributed by atoms with Crippen molar-refractivity contribution < 1.29 is 4.39 Å². The van der Waals surface area contributed by atoms with Crippen molar-refractivity contribution in [1.29, 1.82) is 5.26 Å². The van der Waals surface area contributed by atoms with Gasteiger partial charge in [-0.2, -0.15) is 10.4 Å². The molecule has 0 fully saturated rings. The Bertz CT molecular complexity index is 877. The van der Waals surface area contributed by atoms with Crippen LogP contribution in [-0.2, 0) is 6.54 Å². The Hall–Kier alpha value is -3.13. The number of para-hydroxylation sites is 1. The Morgan fingerprint density at radius 1 is 1.22 bits per heavy atom. The van der Waals surface area contributed by atoms with Gasteiger partial charge in [-0.05, 0) is 42.8 Å². The van der Waals surface area contributed by atoms with Gasteiger partial charge in [0.15, 0.2) is 0 Å². The van der Waals surface area contributed by atoms with E-state index in [9.17, 15) is 4.39 Å². The van der Waals surface area contributed by atoms with Crippen LogP contribution in [0, 0.1) is 24.1 Å². The topological polar surface area (TPSA) is 53.6 Å². The first-order valence-electron chi connectivity index (χ1n) is 7.21. The molecule has 0 aliphatic carbocycles. The molecule has 0 saturated heterocycles. The first-order valence-corrected chi connectivity index (χ1v) is 7.21. The van der Waals surface area contributed by atoms with Crippen LogP contribution >= 0.6 is 0 Å². The van der Waals surface area contributed by atoms with Crippen molar-refractivity contribution in [3.05, 3.63) is 77.4 Å². The molecule has 0 saturated carbocycles. The maximum absolute atomic E-state index is 13.9. The molecule has 0 spiro atoms. The molecular weight excluding hydrogens is 291 g/mol. The lowest BCUT2D eigenvalue weighted by atomic mass is 10.1. The minimum absolute atomic E-state index is 0.306. The highest BCUT2D eigenvalue weighted by Gasteiger charge is 2.07. The van der Waals surface area contributed by atoms with Crippen LogP contribution in [0.4, 0.5) is 10.1 Å². The summed E-state index contributed by atoms with van der Waals surface area (Å²) < 4.78 is 15.7. The standard InChI is InChI=1S/C18H15FN4/c1-13-8-9-23(22-13)18-5-3-2-4-15(18)12-21-17-7-6-14(11-20)10-16(17)19/h2-10,21H,12H2,1H3. The summed E-state index contributed by atoms with van der Waals surface area (Å²) in [6.07, 6.45) is 1.90. The van der Waals surface area contributed by atoms with Crippen LogP contribution in [0.25, 0.3) is 5.69 Å². The Morgan fingerprint density at radius 2 is 2.04 bits per heavy atom. The molecule has 1 N–H and O–H groups in total. The molecular formula is C18H15FN4. The van der Waals surface area contributed by atoms with Crippen LogP contribution in [-0.4, -0.2) is 9.78 Å². The predicted octanol–water partition coefficient (Wildman–Crippen LogP) is 3.80. The number of benzene rings is 2. The normalized spacial score (nSPS) is 10.3. The van der Waals surface area contributed by atoms with Crippen LogP contribution in [0.15, 0.2) is 54.7 Å². The van der Waals surface area contributed by atoms with Gasteiger partial charge in [-0.15, -0.1) is 0 Å². The van der Waals surface area contributed by atoms with Crippen molar-refractivity contribution in [2.24, 2.45) is 0 Å². The summed E-state index contributed by atoms with van der Waals surface area (Å²) >= 11 is 0. The lowest BCUT2D eigenvalue weighted by Crippen LogP contribution is -2.06. The van der Waals surface area contributed by atoms with Gasteiger partial charge in [-0.1, -0.05) is 18.2 Å². The minimum Gasteiger partial charge on any atom is -0.379 e. The van der Waals surface area contributed by atoms with E-state index in [1.807, 2.05) is 54.2 Å². The molecule has 0 atom stereocenters. The summed E-state index contributed by atoms with van der Waals surface area (Å²) in [6, 6.07) is 16.1. The van der Waals surface area contributed by atoms with Crippen LogP contribution < -0.4 is 5.32 Å². The fourth-order valence-electron chi connectivity index (χ4n) is 2.35. The van der Waals surface area contributed by atoms with Gasteiger partial charge in [0.1, 0.15) is 5.82 Å². The Balaban J connectivity index is 1.83. The van der Waals surface area contributed by atoms with E-state index >= 15 is 0 Å². The van der Waals surface area contributed by atoms with Crippen molar-refractivity contribution in [3.8, 4) is 11.8 Å². The number of nitrogens with one attached hydrogen (secondary N) is 1.